The van der Waals surface area contributed by atoms with Crippen molar-refractivity contribution in [3.8, 4) is 0 Å². The average molecular weight is 442 g/mol. The highest BCUT2D eigenvalue weighted by Crippen LogP contribution is 2.26. The number of hydrogen-bond donors (Lipinski definition) is 3. The number of aromatic nitrogens is 3. The summed E-state index contributed by atoms with van der Waals surface area (Å²) in [4.78, 5) is 23.8. The molecule has 32 heavy (non-hydrogen) atoms. The number of amides is 2. The molecule has 1 unspecified atom stereocenters. The van der Waals surface area contributed by atoms with Gasteiger partial charge in [-0.3, -0.25) is 10.0 Å². The van der Waals surface area contributed by atoms with Gasteiger partial charge in [-0.25, -0.2) is 15.0 Å². The lowest BCUT2D eigenvalue weighted by Gasteiger charge is -2.19. The fourth-order valence-electron chi connectivity index (χ4n) is 3.64. The van der Waals surface area contributed by atoms with E-state index < -0.39 is 17.6 Å². The topological polar surface area (TPSA) is 118 Å². The highest BCUT2D eigenvalue weighted by atomic mass is 16.6. The minimum absolute atomic E-state index is 0.0305. The van der Waals surface area contributed by atoms with Crippen molar-refractivity contribution in [1.29, 1.82) is 0 Å². The Morgan fingerprint density at radius 1 is 1.34 bits per heavy atom. The zero-order valence-corrected chi connectivity index (χ0v) is 19.0. The number of hydrogen-bond acceptors (Lipinski definition) is 6. The molecule has 3 rings (SSSR count). The second kappa shape index (κ2) is 9.95. The fraction of sp³-hybridized carbons (Fsp3) is 0.478. The van der Waals surface area contributed by atoms with Crippen molar-refractivity contribution in [1.82, 2.24) is 25.8 Å². The van der Waals surface area contributed by atoms with Gasteiger partial charge in [0.1, 0.15) is 11.3 Å². The minimum atomic E-state index is -0.591. The van der Waals surface area contributed by atoms with Gasteiger partial charge in [-0.2, -0.15) is 0 Å². The normalized spacial score (nSPS) is 16.2. The van der Waals surface area contributed by atoms with Crippen molar-refractivity contribution in [3.05, 3.63) is 52.9 Å². The second-order valence-corrected chi connectivity index (χ2v) is 9.22. The van der Waals surface area contributed by atoms with E-state index in [0.29, 0.717) is 18.0 Å². The molecular weight excluding hydrogens is 410 g/mol. The van der Waals surface area contributed by atoms with Crippen molar-refractivity contribution in [2.45, 2.75) is 65.1 Å². The van der Waals surface area contributed by atoms with Crippen molar-refractivity contribution >= 4 is 18.1 Å². The van der Waals surface area contributed by atoms with Crippen LogP contribution in [-0.2, 0) is 28.9 Å². The van der Waals surface area contributed by atoms with Crippen LogP contribution in [0, 0.1) is 5.92 Å². The number of ether oxygens (including phenoxy) is 1. The molecule has 9 nitrogen and oxygen atoms in total. The second-order valence-electron chi connectivity index (χ2n) is 9.22. The lowest BCUT2D eigenvalue weighted by molar-refractivity contribution is -0.130. The lowest BCUT2D eigenvalue weighted by atomic mass is 9.88. The first-order valence-electron chi connectivity index (χ1n) is 10.7. The SMILES string of the molecule is CC1C=Cc2cc(C[C@H](CC(=O)NO)n3cc(CNC(=O)OC(C)(C)C)nn3)ccc2C1. The van der Waals surface area contributed by atoms with Crippen LogP contribution in [0.3, 0.4) is 0 Å². The molecule has 0 spiro atoms. The number of benzene rings is 1. The molecule has 1 aliphatic carbocycles. The van der Waals surface area contributed by atoms with Crippen molar-refractivity contribution in [2.24, 2.45) is 5.92 Å². The molecule has 0 aliphatic heterocycles. The molecular formula is C23H31N5O4. The molecule has 2 amide bonds. The molecule has 1 aromatic heterocycles. The molecule has 0 bridgehead atoms. The van der Waals surface area contributed by atoms with Gasteiger partial charge in [0.2, 0.25) is 5.91 Å². The van der Waals surface area contributed by atoms with Gasteiger partial charge in [0.15, 0.2) is 0 Å². The Morgan fingerprint density at radius 2 is 2.12 bits per heavy atom. The van der Waals surface area contributed by atoms with Crippen LogP contribution in [0.1, 0.15) is 62.5 Å². The maximum Gasteiger partial charge on any atom is 0.407 e. The van der Waals surface area contributed by atoms with Crippen LogP contribution in [0.4, 0.5) is 4.79 Å². The quantitative estimate of drug-likeness (QED) is 0.449. The van der Waals surface area contributed by atoms with E-state index in [-0.39, 0.29) is 19.0 Å². The van der Waals surface area contributed by atoms with Gasteiger partial charge in [0, 0.05) is 0 Å². The molecule has 2 aromatic rings. The van der Waals surface area contributed by atoms with E-state index in [1.54, 1.807) is 37.1 Å². The molecule has 0 fully saturated rings. The number of carbonyl (C=O) groups excluding carboxylic acids is 2. The number of alkyl carbamates (subject to hydrolysis) is 1. The van der Waals surface area contributed by atoms with Gasteiger partial charge in [-0.05, 0) is 56.2 Å². The summed E-state index contributed by atoms with van der Waals surface area (Å²) in [5.41, 5.74) is 5.19. The largest absolute Gasteiger partial charge is 0.444 e. The van der Waals surface area contributed by atoms with Gasteiger partial charge in [-0.15, -0.1) is 5.10 Å². The molecule has 3 N–H and O–H groups in total. The number of nitrogens with zero attached hydrogens (tertiary/aromatic N) is 3. The Balaban J connectivity index is 1.71. The molecule has 172 valence electrons. The predicted octanol–water partition coefficient (Wildman–Crippen LogP) is 3.19. The maximum atomic E-state index is 11.9. The van der Waals surface area contributed by atoms with Gasteiger partial charge in [0.25, 0.3) is 0 Å². The number of allylic oxidation sites excluding steroid dienone is 1. The minimum Gasteiger partial charge on any atom is -0.444 e. The summed E-state index contributed by atoms with van der Waals surface area (Å²) in [6.45, 7) is 7.71. The van der Waals surface area contributed by atoms with Crippen LogP contribution < -0.4 is 10.8 Å². The highest BCUT2D eigenvalue weighted by molar-refractivity contribution is 5.75. The number of carbonyl (C=O) groups is 2. The molecule has 1 aliphatic rings. The van der Waals surface area contributed by atoms with Gasteiger partial charge in [0.05, 0.1) is 25.2 Å². The van der Waals surface area contributed by atoms with E-state index in [2.05, 4.69) is 52.9 Å². The van der Waals surface area contributed by atoms with Gasteiger partial charge < -0.3 is 10.1 Å². The Morgan fingerprint density at radius 3 is 2.84 bits per heavy atom. The van der Waals surface area contributed by atoms with E-state index in [9.17, 15) is 9.59 Å². The maximum absolute atomic E-state index is 11.9. The van der Waals surface area contributed by atoms with Crippen molar-refractivity contribution in [2.75, 3.05) is 0 Å². The van der Waals surface area contributed by atoms with Crippen LogP contribution in [-0.4, -0.2) is 37.8 Å². The molecule has 1 aromatic carbocycles. The molecule has 0 saturated heterocycles. The fourth-order valence-corrected chi connectivity index (χ4v) is 3.64. The van der Waals surface area contributed by atoms with Crippen LogP contribution in [0.25, 0.3) is 6.08 Å². The average Bonchev–Trinajstić information content (AvgIpc) is 3.19. The van der Waals surface area contributed by atoms with Crippen LogP contribution in [0.2, 0.25) is 0 Å². The number of hydroxylamine groups is 1. The van der Waals surface area contributed by atoms with Crippen LogP contribution in [0.5, 0.6) is 0 Å². The zero-order valence-electron chi connectivity index (χ0n) is 19.0. The Bertz CT molecular complexity index is 993. The van der Waals surface area contributed by atoms with E-state index in [1.165, 1.54) is 11.1 Å². The number of nitrogens with one attached hydrogen (secondary N) is 2. The summed E-state index contributed by atoms with van der Waals surface area (Å²) in [6, 6.07) is 5.97. The summed E-state index contributed by atoms with van der Waals surface area (Å²) >= 11 is 0. The standard InChI is InChI=1S/C23H31N5O4/c1-15-5-7-18-10-16(6-8-17(18)9-15)11-20(12-21(29)26-31)28-14-19(25-27-28)13-24-22(30)32-23(2,3)4/h5-8,10,14-15,20,31H,9,11-13H2,1-4H3,(H,24,30)(H,26,29)/t15?,20-/m1/s1. The highest BCUT2D eigenvalue weighted by Gasteiger charge is 2.20. The first-order valence-corrected chi connectivity index (χ1v) is 10.7. The van der Waals surface area contributed by atoms with E-state index >= 15 is 0 Å². The Kier molecular flexibility index (Phi) is 7.29. The number of fused-ring (bicyclic) bond motifs is 1. The first-order chi connectivity index (χ1) is 15.1. The van der Waals surface area contributed by atoms with Crippen molar-refractivity contribution in [3.63, 3.8) is 0 Å². The monoisotopic (exact) mass is 441 g/mol. The predicted molar refractivity (Wildman–Crippen MR) is 119 cm³/mol. The Hall–Kier alpha value is -3.20. The van der Waals surface area contributed by atoms with E-state index in [0.717, 1.165) is 12.0 Å². The van der Waals surface area contributed by atoms with Crippen LogP contribution in [0.15, 0.2) is 30.5 Å². The summed E-state index contributed by atoms with van der Waals surface area (Å²) in [7, 11) is 0. The zero-order chi connectivity index (χ0) is 23.3. The summed E-state index contributed by atoms with van der Waals surface area (Å²) in [5.74, 6) is 0.0165. The van der Waals surface area contributed by atoms with Crippen LogP contribution >= 0.6 is 0 Å². The van der Waals surface area contributed by atoms with Gasteiger partial charge >= 0.3 is 6.09 Å². The molecule has 0 radical (unpaired) electrons. The summed E-state index contributed by atoms with van der Waals surface area (Å²) in [6.07, 6.45) is 7.06. The molecule has 9 heteroatoms. The smallest absolute Gasteiger partial charge is 0.407 e. The summed E-state index contributed by atoms with van der Waals surface area (Å²) < 4.78 is 6.82. The first kappa shape index (κ1) is 23.5. The lowest BCUT2D eigenvalue weighted by Crippen LogP contribution is -2.32. The number of rotatable bonds is 7. The third-order valence-electron chi connectivity index (χ3n) is 5.12. The van der Waals surface area contributed by atoms with Crippen molar-refractivity contribution < 1.29 is 19.5 Å². The molecule has 1 heterocycles. The van der Waals surface area contributed by atoms with Gasteiger partial charge in [-0.1, -0.05) is 42.5 Å². The van der Waals surface area contributed by atoms with E-state index in [1.807, 2.05) is 0 Å². The molecule has 2 atom stereocenters. The third-order valence-corrected chi connectivity index (χ3v) is 5.12. The third kappa shape index (κ3) is 6.65. The Labute approximate surface area is 187 Å². The van der Waals surface area contributed by atoms with E-state index in [4.69, 9.17) is 9.94 Å². The summed E-state index contributed by atoms with van der Waals surface area (Å²) in [5, 5.41) is 19.9. The molecule has 0 saturated carbocycles.